The lowest BCUT2D eigenvalue weighted by Crippen LogP contribution is -2.02. The zero-order valence-electron chi connectivity index (χ0n) is 10.3. The molecule has 0 radical (unpaired) electrons. The first-order valence-corrected chi connectivity index (χ1v) is 6.59. The molecule has 0 atom stereocenters. The minimum Gasteiger partial charge on any atom is -0.465 e. The van der Waals surface area contributed by atoms with Crippen LogP contribution in [0.3, 0.4) is 0 Å². The highest BCUT2D eigenvalue weighted by Gasteiger charge is 2.05. The molecule has 1 aromatic heterocycles. The van der Waals surface area contributed by atoms with E-state index in [2.05, 4.69) is 9.72 Å². The highest BCUT2D eigenvalue weighted by atomic mass is 32.2. The molecule has 0 aliphatic carbocycles. The summed E-state index contributed by atoms with van der Waals surface area (Å²) in [6.07, 6.45) is 1.49. The first kappa shape index (κ1) is 13.5. The number of rotatable bonds is 4. The lowest BCUT2D eigenvalue weighted by atomic mass is 10.2. The monoisotopic (exact) mass is 277 g/mol. The number of carbonyl (C=O) groups is 1. The molecule has 3 nitrogen and oxygen atoms in total. The Bertz CT molecular complexity index is 555. The molecule has 0 fully saturated rings. The molecule has 0 aliphatic heterocycles. The number of carbonyl (C=O) groups excluding carboxylic acids is 1. The van der Waals surface area contributed by atoms with E-state index >= 15 is 0 Å². The van der Waals surface area contributed by atoms with Gasteiger partial charge in [0.15, 0.2) is 0 Å². The molecule has 0 bridgehead atoms. The molecule has 2 rings (SSSR count). The largest absolute Gasteiger partial charge is 0.465 e. The molecule has 0 spiro atoms. The van der Waals surface area contributed by atoms with Gasteiger partial charge in [0.05, 0.1) is 18.4 Å². The average molecular weight is 277 g/mol. The molecule has 0 saturated carbocycles. The van der Waals surface area contributed by atoms with Crippen LogP contribution in [-0.4, -0.2) is 18.1 Å². The van der Waals surface area contributed by atoms with Gasteiger partial charge in [-0.05, 0) is 36.4 Å². The average Bonchev–Trinajstić information content (AvgIpc) is 2.46. The maximum atomic E-state index is 12.7. The van der Waals surface area contributed by atoms with Crippen molar-refractivity contribution in [1.29, 1.82) is 0 Å². The van der Waals surface area contributed by atoms with Gasteiger partial charge in [-0.1, -0.05) is 0 Å². The summed E-state index contributed by atoms with van der Waals surface area (Å²) in [6.45, 7) is 0. The van der Waals surface area contributed by atoms with Crippen LogP contribution in [-0.2, 0) is 10.5 Å². The number of benzene rings is 1. The molecule has 1 heterocycles. The number of esters is 1. The standard InChI is InChI=1S/C14H12FNO2S/c1-18-14(17)10-2-5-12(16-8-10)9-19-13-6-3-11(15)4-7-13/h2-8H,9H2,1H3. The summed E-state index contributed by atoms with van der Waals surface area (Å²) >= 11 is 1.56. The van der Waals surface area contributed by atoms with Crippen molar-refractivity contribution < 1.29 is 13.9 Å². The fraction of sp³-hybridized carbons (Fsp3) is 0.143. The van der Waals surface area contributed by atoms with Gasteiger partial charge < -0.3 is 4.74 Å². The second kappa shape index (κ2) is 6.33. The zero-order valence-corrected chi connectivity index (χ0v) is 11.1. The van der Waals surface area contributed by atoms with Crippen molar-refractivity contribution in [2.45, 2.75) is 10.6 Å². The number of aromatic nitrogens is 1. The fourth-order valence-corrected chi connectivity index (χ4v) is 2.25. The molecule has 98 valence electrons. The van der Waals surface area contributed by atoms with Crippen molar-refractivity contribution in [3.05, 3.63) is 59.7 Å². The number of hydrogen-bond acceptors (Lipinski definition) is 4. The smallest absolute Gasteiger partial charge is 0.339 e. The van der Waals surface area contributed by atoms with Crippen molar-refractivity contribution in [2.75, 3.05) is 7.11 Å². The van der Waals surface area contributed by atoms with E-state index in [1.165, 1.54) is 25.4 Å². The predicted octanol–water partition coefficient (Wildman–Crippen LogP) is 3.30. The normalized spacial score (nSPS) is 10.2. The van der Waals surface area contributed by atoms with Crippen LogP contribution in [0, 0.1) is 5.82 Å². The van der Waals surface area contributed by atoms with Crippen LogP contribution in [0.1, 0.15) is 16.1 Å². The first-order valence-electron chi connectivity index (χ1n) is 5.60. The van der Waals surface area contributed by atoms with Crippen molar-refractivity contribution in [1.82, 2.24) is 4.98 Å². The van der Waals surface area contributed by atoms with Crippen molar-refractivity contribution in [2.24, 2.45) is 0 Å². The Balaban J connectivity index is 1.96. The van der Waals surface area contributed by atoms with Crippen LogP contribution in [0.4, 0.5) is 4.39 Å². The van der Waals surface area contributed by atoms with Crippen LogP contribution in [0.25, 0.3) is 0 Å². The third-order valence-corrected chi connectivity index (χ3v) is 3.49. The molecule has 0 aliphatic rings. The van der Waals surface area contributed by atoms with Crippen LogP contribution in [0.2, 0.25) is 0 Å². The summed E-state index contributed by atoms with van der Waals surface area (Å²) in [5, 5.41) is 0. The van der Waals surface area contributed by atoms with E-state index < -0.39 is 5.97 Å². The van der Waals surface area contributed by atoms with Gasteiger partial charge in [-0.2, -0.15) is 0 Å². The molecule has 0 unspecified atom stereocenters. The van der Waals surface area contributed by atoms with Crippen molar-refractivity contribution in [3.8, 4) is 0 Å². The second-order valence-corrected chi connectivity index (χ2v) is 4.82. The van der Waals surface area contributed by atoms with E-state index in [1.807, 2.05) is 0 Å². The summed E-state index contributed by atoms with van der Waals surface area (Å²) in [6, 6.07) is 9.76. The van der Waals surface area contributed by atoms with Crippen molar-refractivity contribution in [3.63, 3.8) is 0 Å². The molecular weight excluding hydrogens is 265 g/mol. The Morgan fingerprint density at radius 3 is 2.58 bits per heavy atom. The molecule has 0 saturated heterocycles. The number of halogens is 1. The summed E-state index contributed by atoms with van der Waals surface area (Å²) in [7, 11) is 1.33. The summed E-state index contributed by atoms with van der Waals surface area (Å²) in [4.78, 5) is 16.4. The van der Waals surface area contributed by atoms with E-state index in [1.54, 1.807) is 36.0 Å². The lowest BCUT2D eigenvalue weighted by Gasteiger charge is -2.03. The summed E-state index contributed by atoms with van der Waals surface area (Å²) in [5.41, 5.74) is 1.28. The fourth-order valence-electron chi connectivity index (χ4n) is 1.44. The first-order chi connectivity index (χ1) is 9.19. The van der Waals surface area contributed by atoms with Gasteiger partial charge in [0.25, 0.3) is 0 Å². The van der Waals surface area contributed by atoms with Gasteiger partial charge in [0.2, 0.25) is 0 Å². The summed E-state index contributed by atoms with van der Waals surface area (Å²) < 4.78 is 17.3. The third-order valence-electron chi connectivity index (χ3n) is 2.45. The number of methoxy groups -OCH3 is 1. The van der Waals surface area contributed by atoms with Crippen molar-refractivity contribution >= 4 is 17.7 Å². The number of pyridine rings is 1. The molecule has 19 heavy (non-hydrogen) atoms. The van der Waals surface area contributed by atoms with Gasteiger partial charge in [0, 0.05) is 16.8 Å². The number of ether oxygens (including phenoxy) is 1. The van der Waals surface area contributed by atoms with E-state index in [9.17, 15) is 9.18 Å². The van der Waals surface area contributed by atoms with E-state index in [-0.39, 0.29) is 5.82 Å². The van der Waals surface area contributed by atoms with Crippen LogP contribution in [0.15, 0.2) is 47.5 Å². The Labute approximate surface area is 114 Å². The van der Waals surface area contributed by atoms with Crippen LogP contribution >= 0.6 is 11.8 Å². The Morgan fingerprint density at radius 1 is 1.26 bits per heavy atom. The second-order valence-electron chi connectivity index (χ2n) is 3.77. The van der Waals surface area contributed by atoms with Gasteiger partial charge >= 0.3 is 5.97 Å². The quantitative estimate of drug-likeness (QED) is 0.635. The molecule has 5 heteroatoms. The zero-order chi connectivity index (χ0) is 13.7. The molecule has 2 aromatic rings. The summed E-state index contributed by atoms with van der Waals surface area (Å²) in [5.74, 6) is 0.0164. The van der Waals surface area contributed by atoms with E-state index in [0.29, 0.717) is 11.3 Å². The maximum absolute atomic E-state index is 12.7. The Hall–Kier alpha value is -1.88. The minimum absolute atomic E-state index is 0.245. The molecule has 0 amide bonds. The highest BCUT2D eigenvalue weighted by Crippen LogP contribution is 2.22. The lowest BCUT2D eigenvalue weighted by molar-refractivity contribution is 0.0600. The van der Waals surface area contributed by atoms with E-state index in [0.717, 1.165) is 10.6 Å². The van der Waals surface area contributed by atoms with Crippen LogP contribution in [0.5, 0.6) is 0 Å². The molecular formula is C14H12FNO2S. The Morgan fingerprint density at radius 2 is 2.00 bits per heavy atom. The number of nitrogens with zero attached hydrogens (tertiary/aromatic N) is 1. The van der Waals surface area contributed by atoms with Gasteiger partial charge in [-0.15, -0.1) is 11.8 Å². The van der Waals surface area contributed by atoms with Crippen LogP contribution < -0.4 is 0 Å². The highest BCUT2D eigenvalue weighted by molar-refractivity contribution is 7.98. The van der Waals surface area contributed by atoms with Gasteiger partial charge in [-0.3, -0.25) is 4.98 Å². The SMILES string of the molecule is COC(=O)c1ccc(CSc2ccc(F)cc2)nc1. The van der Waals surface area contributed by atoms with Gasteiger partial charge in [0.1, 0.15) is 5.82 Å². The topological polar surface area (TPSA) is 39.2 Å². The maximum Gasteiger partial charge on any atom is 0.339 e. The van der Waals surface area contributed by atoms with E-state index in [4.69, 9.17) is 0 Å². The predicted molar refractivity (Wildman–Crippen MR) is 71.5 cm³/mol. The Kier molecular flexibility index (Phi) is 4.52. The molecule has 0 N–H and O–H groups in total. The third kappa shape index (κ3) is 3.79. The number of hydrogen-bond donors (Lipinski definition) is 0. The van der Waals surface area contributed by atoms with Gasteiger partial charge in [-0.25, -0.2) is 9.18 Å². The minimum atomic E-state index is -0.398. The molecule has 1 aromatic carbocycles. The number of thioether (sulfide) groups is 1.